The van der Waals surface area contributed by atoms with E-state index in [4.69, 9.17) is 23.2 Å². The van der Waals surface area contributed by atoms with Gasteiger partial charge < -0.3 is 16.0 Å². The monoisotopic (exact) mass is 555 g/mol. The number of aromatic nitrogens is 1. The van der Waals surface area contributed by atoms with Crippen LogP contribution in [0.1, 0.15) is 40.8 Å². The maximum Gasteiger partial charge on any atom is 0.263 e. The zero-order valence-electron chi connectivity index (χ0n) is 15.9. The SMILES string of the molecule is CCNC(=NCCNC(=O)c1scnc1C)NC(C)c1ccc(Cl)cc1Cl.I. The van der Waals surface area contributed by atoms with Crippen LogP contribution in [-0.2, 0) is 0 Å². The minimum atomic E-state index is -0.121. The number of carbonyl (C=O) groups excluding carboxylic acids is 1. The third-order valence-electron chi connectivity index (χ3n) is 3.75. The summed E-state index contributed by atoms with van der Waals surface area (Å²) in [6, 6.07) is 5.37. The lowest BCUT2D eigenvalue weighted by atomic mass is 10.1. The molecule has 1 atom stereocenters. The highest BCUT2D eigenvalue weighted by Crippen LogP contribution is 2.25. The van der Waals surface area contributed by atoms with E-state index in [1.807, 2.05) is 32.9 Å². The van der Waals surface area contributed by atoms with Crippen molar-refractivity contribution < 1.29 is 4.79 Å². The first-order valence-corrected chi connectivity index (χ1v) is 10.2. The average molecular weight is 556 g/mol. The molecule has 0 bridgehead atoms. The zero-order chi connectivity index (χ0) is 19.8. The van der Waals surface area contributed by atoms with Crippen LogP contribution in [0.15, 0.2) is 28.7 Å². The number of thiazole rings is 1. The Morgan fingerprint density at radius 3 is 2.68 bits per heavy atom. The number of rotatable bonds is 7. The molecule has 0 spiro atoms. The summed E-state index contributed by atoms with van der Waals surface area (Å²) in [4.78, 5) is 21.3. The second kappa shape index (κ2) is 12.5. The first-order chi connectivity index (χ1) is 12.9. The van der Waals surface area contributed by atoms with Crippen LogP contribution >= 0.6 is 58.5 Å². The molecule has 1 aromatic heterocycles. The van der Waals surface area contributed by atoms with Crippen LogP contribution in [0.25, 0.3) is 0 Å². The van der Waals surface area contributed by atoms with Crippen molar-refractivity contribution >= 4 is 70.4 Å². The van der Waals surface area contributed by atoms with Gasteiger partial charge in [0.15, 0.2) is 5.96 Å². The molecule has 6 nitrogen and oxygen atoms in total. The van der Waals surface area contributed by atoms with Crippen molar-refractivity contribution in [2.75, 3.05) is 19.6 Å². The Kier molecular flexibility index (Phi) is 11.1. The van der Waals surface area contributed by atoms with Gasteiger partial charge in [-0.2, -0.15) is 0 Å². The number of amides is 1. The number of halogens is 3. The van der Waals surface area contributed by atoms with Crippen molar-refractivity contribution in [3.05, 3.63) is 49.9 Å². The van der Waals surface area contributed by atoms with E-state index >= 15 is 0 Å². The van der Waals surface area contributed by atoms with Crippen molar-refractivity contribution in [3.8, 4) is 0 Å². The van der Waals surface area contributed by atoms with Gasteiger partial charge >= 0.3 is 0 Å². The molecule has 0 saturated carbocycles. The Hall–Kier alpha value is -1.10. The third kappa shape index (κ3) is 7.38. The lowest BCUT2D eigenvalue weighted by Gasteiger charge is -2.19. The summed E-state index contributed by atoms with van der Waals surface area (Å²) in [6.07, 6.45) is 0. The van der Waals surface area contributed by atoms with Gasteiger partial charge in [-0.3, -0.25) is 9.79 Å². The zero-order valence-corrected chi connectivity index (χ0v) is 20.5. The van der Waals surface area contributed by atoms with Gasteiger partial charge in [-0.1, -0.05) is 29.3 Å². The van der Waals surface area contributed by atoms with E-state index in [1.165, 1.54) is 11.3 Å². The van der Waals surface area contributed by atoms with Crippen molar-refractivity contribution in [2.24, 2.45) is 4.99 Å². The maximum absolute atomic E-state index is 12.1. The summed E-state index contributed by atoms with van der Waals surface area (Å²) in [5.74, 6) is 0.531. The van der Waals surface area contributed by atoms with E-state index in [0.717, 1.165) is 17.8 Å². The summed E-state index contributed by atoms with van der Waals surface area (Å²) in [6.45, 7) is 7.41. The van der Waals surface area contributed by atoms with Crippen LogP contribution in [0, 0.1) is 6.92 Å². The Morgan fingerprint density at radius 1 is 1.32 bits per heavy atom. The number of aryl methyl sites for hydroxylation is 1. The average Bonchev–Trinajstić information content (AvgIpc) is 3.04. The number of benzene rings is 1. The Morgan fingerprint density at radius 2 is 2.07 bits per heavy atom. The molecule has 1 amide bonds. The predicted molar refractivity (Wildman–Crippen MR) is 129 cm³/mol. The number of carbonyl (C=O) groups is 1. The summed E-state index contributed by atoms with van der Waals surface area (Å²) in [7, 11) is 0. The fourth-order valence-electron chi connectivity index (χ4n) is 2.39. The van der Waals surface area contributed by atoms with Gasteiger partial charge in [-0.05, 0) is 38.5 Å². The molecule has 0 radical (unpaired) electrons. The third-order valence-corrected chi connectivity index (χ3v) is 5.24. The second-order valence-electron chi connectivity index (χ2n) is 5.82. The van der Waals surface area contributed by atoms with Crippen LogP contribution in [-0.4, -0.2) is 36.5 Å². The lowest BCUT2D eigenvalue weighted by molar-refractivity contribution is 0.0958. The van der Waals surface area contributed by atoms with E-state index in [1.54, 1.807) is 11.6 Å². The summed E-state index contributed by atoms with van der Waals surface area (Å²) >= 11 is 13.6. The first-order valence-electron chi connectivity index (χ1n) is 8.60. The van der Waals surface area contributed by atoms with E-state index < -0.39 is 0 Å². The fraction of sp³-hybridized carbons (Fsp3) is 0.389. The van der Waals surface area contributed by atoms with Crippen LogP contribution in [0.3, 0.4) is 0 Å². The van der Waals surface area contributed by atoms with Gasteiger partial charge in [-0.25, -0.2) is 4.98 Å². The van der Waals surface area contributed by atoms with E-state index in [9.17, 15) is 4.79 Å². The predicted octanol–water partition coefficient (Wildman–Crippen LogP) is 4.42. The molecule has 1 unspecified atom stereocenters. The number of hydrogen-bond donors (Lipinski definition) is 3. The molecule has 0 fully saturated rings. The molecule has 0 aliphatic heterocycles. The molecule has 2 rings (SSSR count). The molecular formula is C18H24Cl2IN5OS. The molecule has 0 aliphatic carbocycles. The van der Waals surface area contributed by atoms with E-state index in [0.29, 0.717) is 34.0 Å². The molecule has 3 N–H and O–H groups in total. The van der Waals surface area contributed by atoms with Gasteiger partial charge in [0.25, 0.3) is 5.91 Å². The van der Waals surface area contributed by atoms with E-state index in [2.05, 4.69) is 25.9 Å². The van der Waals surface area contributed by atoms with Gasteiger partial charge in [0, 0.05) is 23.1 Å². The van der Waals surface area contributed by atoms with Crippen LogP contribution in [0.4, 0.5) is 0 Å². The molecule has 10 heteroatoms. The molecule has 154 valence electrons. The van der Waals surface area contributed by atoms with Gasteiger partial charge in [0.1, 0.15) is 4.88 Å². The minimum absolute atomic E-state index is 0. The van der Waals surface area contributed by atoms with Gasteiger partial charge in [0.05, 0.1) is 23.8 Å². The second-order valence-corrected chi connectivity index (χ2v) is 7.51. The topological polar surface area (TPSA) is 78.4 Å². The van der Waals surface area contributed by atoms with E-state index in [-0.39, 0.29) is 35.9 Å². The summed E-state index contributed by atoms with van der Waals surface area (Å²) in [5, 5.41) is 10.6. The van der Waals surface area contributed by atoms with Gasteiger partial charge in [-0.15, -0.1) is 35.3 Å². The van der Waals surface area contributed by atoms with Crippen LogP contribution in [0.2, 0.25) is 10.0 Å². The number of guanidine groups is 1. The minimum Gasteiger partial charge on any atom is -0.357 e. The highest BCUT2D eigenvalue weighted by atomic mass is 127. The highest BCUT2D eigenvalue weighted by molar-refractivity contribution is 14.0. The molecule has 0 saturated heterocycles. The summed E-state index contributed by atoms with van der Waals surface area (Å²) < 4.78 is 0. The van der Waals surface area contributed by atoms with Gasteiger partial charge in [0.2, 0.25) is 0 Å². The number of nitrogens with zero attached hydrogens (tertiary/aromatic N) is 2. The molecule has 1 heterocycles. The fourth-order valence-corrected chi connectivity index (χ4v) is 3.68. The smallest absolute Gasteiger partial charge is 0.263 e. The Labute approximate surface area is 196 Å². The van der Waals surface area contributed by atoms with Crippen molar-refractivity contribution in [2.45, 2.75) is 26.8 Å². The largest absolute Gasteiger partial charge is 0.357 e. The number of nitrogens with one attached hydrogen (secondary N) is 3. The lowest BCUT2D eigenvalue weighted by Crippen LogP contribution is -2.39. The Balaban J connectivity index is 0.00000392. The quantitative estimate of drug-likeness (QED) is 0.204. The maximum atomic E-state index is 12.1. The number of hydrogen-bond acceptors (Lipinski definition) is 4. The molecular weight excluding hydrogens is 532 g/mol. The summed E-state index contributed by atoms with van der Waals surface area (Å²) in [5.41, 5.74) is 3.34. The first kappa shape index (κ1) is 24.9. The van der Waals surface area contributed by atoms with Crippen molar-refractivity contribution in [3.63, 3.8) is 0 Å². The van der Waals surface area contributed by atoms with Crippen LogP contribution < -0.4 is 16.0 Å². The van der Waals surface area contributed by atoms with Crippen LogP contribution in [0.5, 0.6) is 0 Å². The van der Waals surface area contributed by atoms with Crippen molar-refractivity contribution in [1.82, 2.24) is 20.9 Å². The van der Waals surface area contributed by atoms with Crippen molar-refractivity contribution in [1.29, 1.82) is 0 Å². The number of aliphatic imine (C=N–C) groups is 1. The normalized spacial score (nSPS) is 12.1. The molecule has 2 aromatic rings. The molecule has 0 aliphatic rings. The Bertz CT molecular complexity index is 815. The molecule has 1 aromatic carbocycles. The molecule has 28 heavy (non-hydrogen) atoms. The standard InChI is InChI=1S/C18H23Cl2N5OS.HI/c1-4-21-18(25-11(2)14-6-5-13(19)9-15(14)20)23-8-7-22-17(26)16-12(3)24-10-27-16;/h5-6,9-11H,4,7-8H2,1-3H3,(H,22,26)(H2,21,23,25);1H. The highest BCUT2D eigenvalue weighted by Gasteiger charge is 2.12.